The normalized spacial score (nSPS) is 16.3. The van der Waals surface area contributed by atoms with Gasteiger partial charge in [0.05, 0.1) is 15.5 Å². The van der Waals surface area contributed by atoms with Gasteiger partial charge in [0.25, 0.3) is 10.0 Å². The Morgan fingerprint density at radius 1 is 0.903 bits per heavy atom. The highest BCUT2D eigenvalue weighted by Crippen LogP contribution is 2.38. The van der Waals surface area contributed by atoms with Crippen LogP contribution in [0.15, 0.2) is 82.6 Å². The highest BCUT2D eigenvalue weighted by Gasteiger charge is 2.36. The molecule has 4 rings (SSSR count). The second-order valence-corrected chi connectivity index (χ2v) is 11.3. The zero-order chi connectivity index (χ0) is 22.2. The number of hydrogen-bond acceptors (Lipinski definition) is 4. The van der Waals surface area contributed by atoms with Gasteiger partial charge in [-0.1, -0.05) is 48.0 Å². The molecule has 1 heterocycles. The van der Waals surface area contributed by atoms with E-state index in [1.165, 1.54) is 10.4 Å². The van der Waals surface area contributed by atoms with Crippen LogP contribution in [0.25, 0.3) is 0 Å². The predicted octanol–water partition coefficient (Wildman–Crippen LogP) is 3.61. The van der Waals surface area contributed by atoms with Crippen LogP contribution in [-0.2, 0) is 33.0 Å². The van der Waals surface area contributed by atoms with Gasteiger partial charge in [-0.3, -0.25) is 4.31 Å². The minimum Gasteiger partial charge on any atom is -0.263 e. The maximum Gasteiger partial charge on any atom is 0.264 e. The van der Waals surface area contributed by atoms with E-state index in [9.17, 15) is 16.8 Å². The second kappa shape index (κ2) is 8.11. The summed E-state index contributed by atoms with van der Waals surface area (Å²) < 4.78 is 56.1. The number of sulfonamides is 2. The Bertz CT molecular complexity index is 1300. The van der Waals surface area contributed by atoms with Gasteiger partial charge in [0.15, 0.2) is 0 Å². The number of aryl methyl sites for hydroxylation is 1. The summed E-state index contributed by atoms with van der Waals surface area (Å²) in [7, 11) is -7.47. The average molecular weight is 457 g/mol. The van der Waals surface area contributed by atoms with Crippen LogP contribution in [0.3, 0.4) is 0 Å². The lowest BCUT2D eigenvalue weighted by atomic mass is 10.1. The van der Waals surface area contributed by atoms with Gasteiger partial charge in [0.2, 0.25) is 10.0 Å². The first-order valence-electron chi connectivity index (χ1n) is 9.96. The number of hydrogen-bond donors (Lipinski definition) is 1. The molecule has 1 unspecified atom stereocenters. The van der Waals surface area contributed by atoms with Crippen molar-refractivity contribution >= 4 is 25.7 Å². The monoisotopic (exact) mass is 456 g/mol. The molecular formula is C23H24N2O4S2. The summed E-state index contributed by atoms with van der Waals surface area (Å²) in [6, 6.07) is 20.3. The molecule has 0 bridgehead atoms. The summed E-state index contributed by atoms with van der Waals surface area (Å²) in [6.45, 7) is 3.91. The molecule has 1 aliphatic heterocycles. The summed E-state index contributed by atoms with van der Waals surface area (Å²) in [5.74, 6) is 0. The third-order valence-corrected chi connectivity index (χ3v) is 8.74. The third-order valence-electron chi connectivity index (χ3n) is 5.40. The third kappa shape index (κ3) is 4.23. The van der Waals surface area contributed by atoms with Crippen molar-refractivity contribution < 1.29 is 16.8 Å². The first kappa shape index (κ1) is 21.5. The lowest BCUT2D eigenvalue weighted by Crippen LogP contribution is -2.35. The van der Waals surface area contributed by atoms with Crippen molar-refractivity contribution in [2.75, 3.05) is 4.31 Å². The lowest BCUT2D eigenvalue weighted by Gasteiger charge is -2.24. The van der Waals surface area contributed by atoms with Crippen LogP contribution in [0.1, 0.15) is 23.6 Å². The zero-order valence-corrected chi connectivity index (χ0v) is 18.9. The van der Waals surface area contributed by atoms with E-state index >= 15 is 0 Å². The van der Waals surface area contributed by atoms with Gasteiger partial charge < -0.3 is 0 Å². The summed E-state index contributed by atoms with van der Waals surface area (Å²) in [5.41, 5.74) is 3.06. The molecule has 3 aromatic carbocycles. The fourth-order valence-electron chi connectivity index (χ4n) is 3.79. The minimum atomic E-state index is -3.74. The Morgan fingerprint density at radius 2 is 1.55 bits per heavy atom. The summed E-state index contributed by atoms with van der Waals surface area (Å²) in [6.07, 6.45) is 0.447. The number of fused-ring (bicyclic) bond motifs is 1. The first-order chi connectivity index (χ1) is 14.7. The molecule has 3 aromatic rings. The molecule has 0 fully saturated rings. The maximum absolute atomic E-state index is 13.3. The number of anilines is 1. The average Bonchev–Trinajstić information content (AvgIpc) is 3.09. The molecule has 0 saturated heterocycles. The van der Waals surface area contributed by atoms with Gasteiger partial charge in [-0.2, -0.15) is 0 Å². The molecule has 0 saturated carbocycles. The highest BCUT2D eigenvalue weighted by atomic mass is 32.2. The van der Waals surface area contributed by atoms with Gasteiger partial charge in [-0.05, 0) is 61.7 Å². The zero-order valence-electron chi connectivity index (χ0n) is 17.3. The molecule has 31 heavy (non-hydrogen) atoms. The minimum absolute atomic E-state index is 0.129. The molecule has 1 atom stereocenters. The number of benzene rings is 3. The largest absolute Gasteiger partial charge is 0.264 e. The summed E-state index contributed by atoms with van der Waals surface area (Å²) in [5, 5.41) is 0. The van der Waals surface area contributed by atoms with E-state index in [0.717, 1.165) is 11.1 Å². The van der Waals surface area contributed by atoms with Gasteiger partial charge >= 0.3 is 0 Å². The van der Waals surface area contributed by atoms with Crippen LogP contribution < -0.4 is 9.03 Å². The summed E-state index contributed by atoms with van der Waals surface area (Å²) in [4.78, 5) is 0.350. The highest BCUT2D eigenvalue weighted by molar-refractivity contribution is 7.93. The van der Waals surface area contributed by atoms with Crippen molar-refractivity contribution in [2.45, 2.75) is 42.6 Å². The molecule has 8 heteroatoms. The Kier molecular flexibility index (Phi) is 5.63. The van der Waals surface area contributed by atoms with Crippen LogP contribution in [0, 0.1) is 6.92 Å². The van der Waals surface area contributed by atoms with Crippen molar-refractivity contribution in [3.63, 3.8) is 0 Å². The molecule has 1 aliphatic rings. The molecule has 0 spiro atoms. The van der Waals surface area contributed by atoms with E-state index in [4.69, 9.17) is 0 Å². The Morgan fingerprint density at radius 3 is 2.23 bits per heavy atom. The van der Waals surface area contributed by atoms with Crippen LogP contribution in [-0.4, -0.2) is 22.9 Å². The van der Waals surface area contributed by atoms with Crippen LogP contribution in [0.5, 0.6) is 0 Å². The van der Waals surface area contributed by atoms with Gasteiger partial charge in [-0.25, -0.2) is 21.6 Å². The molecular weight excluding hydrogens is 432 g/mol. The fraction of sp³-hybridized carbons (Fsp3) is 0.217. The lowest BCUT2D eigenvalue weighted by molar-refractivity contribution is 0.580. The van der Waals surface area contributed by atoms with Crippen molar-refractivity contribution in [3.8, 4) is 0 Å². The van der Waals surface area contributed by atoms with Crippen molar-refractivity contribution in [2.24, 2.45) is 0 Å². The van der Waals surface area contributed by atoms with Crippen LogP contribution >= 0.6 is 0 Å². The van der Waals surface area contributed by atoms with Crippen molar-refractivity contribution in [1.29, 1.82) is 0 Å². The molecule has 0 radical (unpaired) electrons. The van der Waals surface area contributed by atoms with E-state index in [1.54, 1.807) is 36.4 Å². The Balaban J connectivity index is 1.62. The van der Waals surface area contributed by atoms with E-state index in [0.29, 0.717) is 17.7 Å². The molecule has 0 aromatic heterocycles. The second-order valence-electron chi connectivity index (χ2n) is 7.77. The Labute approximate surface area is 183 Å². The van der Waals surface area contributed by atoms with Crippen molar-refractivity contribution in [1.82, 2.24) is 4.72 Å². The predicted molar refractivity (Wildman–Crippen MR) is 121 cm³/mol. The molecule has 6 nitrogen and oxygen atoms in total. The quantitative estimate of drug-likeness (QED) is 0.614. The van der Waals surface area contributed by atoms with E-state index in [-0.39, 0.29) is 22.4 Å². The van der Waals surface area contributed by atoms with E-state index in [1.807, 2.05) is 44.2 Å². The molecule has 0 amide bonds. The topological polar surface area (TPSA) is 83.6 Å². The first-order valence-corrected chi connectivity index (χ1v) is 12.9. The molecule has 0 aliphatic carbocycles. The number of rotatable bonds is 6. The number of nitrogens with one attached hydrogen (secondary N) is 1. The Hall–Kier alpha value is -2.68. The van der Waals surface area contributed by atoms with E-state index in [2.05, 4.69) is 4.72 Å². The van der Waals surface area contributed by atoms with Gasteiger partial charge in [-0.15, -0.1) is 0 Å². The maximum atomic E-state index is 13.3. The summed E-state index contributed by atoms with van der Waals surface area (Å²) >= 11 is 0. The number of nitrogens with zero attached hydrogens (tertiary/aromatic N) is 1. The molecule has 1 N–H and O–H groups in total. The van der Waals surface area contributed by atoms with E-state index < -0.39 is 20.0 Å². The van der Waals surface area contributed by atoms with Gasteiger partial charge in [0, 0.05) is 12.6 Å². The molecule has 162 valence electrons. The van der Waals surface area contributed by atoms with Gasteiger partial charge in [0.1, 0.15) is 0 Å². The SMILES string of the molecule is Cc1ccc(S(=O)(=O)N2c3ccc(S(=O)(=O)NCc4ccccc4)cc3CC2C)cc1. The van der Waals surface area contributed by atoms with Crippen LogP contribution in [0.2, 0.25) is 0 Å². The fourth-order valence-corrected chi connectivity index (χ4v) is 6.55. The van der Waals surface area contributed by atoms with Crippen molar-refractivity contribution in [3.05, 3.63) is 89.5 Å². The standard InChI is InChI=1S/C23H24N2O4S2/c1-17-8-10-21(11-9-17)31(28,29)25-18(2)14-20-15-22(12-13-23(20)25)30(26,27)24-16-19-6-4-3-5-7-19/h3-13,15,18,24H,14,16H2,1-2H3. The van der Waals surface area contributed by atoms with Crippen LogP contribution in [0.4, 0.5) is 5.69 Å². The smallest absolute Gasteiger partial charge is 0.263 e.